The number of rotatable bonds is 1. The predicted molar refractivity (Wildman–Crippen MR) is 49.5 cm³/mol. The van der Waals surface area contributed by atoms with E-state index in [1.54, 1.807) is 0 Å². The molecule has 0 aliphatic heterocycles. The first kappa shape index (κ1) is 7.35. The summed E-state index contributed by atoms with van der Waals surface area (Å²) in [7, 11) is 0. The van der Waals surface area contributed by atoms with Crippen molar-refractivity contribution in [1.29, 1.82) is 0 Å². The van der Waals surface area contributed by atoms with Crippen molar-refractivity contribution in [2.75, 3.05) is 0 Å². The minimum Gasteiger partial charge on any atom is -0.245 e. The lowest BCUT2D eigenvalue weighted by atomic mass is 10.0. The van der Waals surface area contributed by atoms with Crippen LogP contribution < -0.4 is 0 Å². The molecule has 1 aliphatic rings. The monoisotopic (exact) mass is 160 g/mol. The lowest BCUT2D eigenvalue weighted by molar-refractivity contribution is 0.823. The van der Waals surface area contributed by atoms with Gasteiger partial charge in [-0.3, -0.25) is 0 Å². The first-order chi connectivity index (χ1) is 5.86. The molecular formula is C10H12N2. The second kappa shape index (κ2) is 2.97. The summed E-state index contributed by atoms with van der Waals surface area (Å²) in [6.07, 6.45) is 10.4. The van der Waals surface area contributed by atoms with Gasteiger partial charge in [0.2, 0.25) is 0 Å². The SMILES string of the molecule is CC1=CC=C(n2cccn2)CC1. The molecule has 62 valence electrons. The maximum atomic E-state index is 4.18. The van der Waals surface area contributed by atoms with Crippen LogP contribution in [-0.4, -0.2) is 9.78 Å². The minimum atomic E-state index is 1.10. The molecule has 0 aromatic carbocycles. The molecular weight excluding hydrogens is 148 g/mol. The molecule has 2 heteroatoms. The fourth-order valence-electron chi connectivity index (χ4n) is 1.36. The molecule has 0 unspecified atom stereocenters. The Morgan fingerprint density at radius 2 is 2.25 bits per heavy atom. The molecule has 0 N–H and O–H groups in total. The van der Waals surface area contributed by atoms with Gasteiger partial charge in [0.25, 0.3) is 0 Å². The van der Waals surface area contributed by atoms with Crippen LogP contribution >= 0.6 is 0 Å². The Balaban J connectivity index is 2.27. The topological polar surface area (TPSA) is 17.8 Å². The average molecular weight is 160 g/mol. The highest BCUT2D eigenvalue weighted by atomic mass is 15.3. The fourth-order valence-corrected chi connectivity index (χ4v) is 1.36. The van der Waals surface area contributed by atoms with Crippen molar-refractivity contribution in [3.63, 3.8) is 0 Å². The van der Waals surface area contributed by atoms with Gasteiger partial charge in [-0.25, -0.2) is 4.68 Å². The van der Waals surface area contributed by atoms with Crippen LogP contribution in [0.2, 0.25) is 0 Å². The van der Waals surface area contributed by atoms with E-state index in [2.05, 4.69) is 24.2 Å². The van der Waals surface area contributed by atoms with Gasteiger partial charge in [-0.2, -0.15) is 5.10 Å². The van der Waals surface area contributed by atoms with Crippen LogP contribution in [-0.2, 0) is 0 Å². The van der Waals surface area contributed by atoms with Gasteiger partial charge in [-0.05, 0) is 31.9 Å². The van der Waals surface area contributed by atoms with Crippen molar-refractivity contribution in [1.82, 2.24) is 9.78 Å². The Bertz CT molecular complexity index is 318. The Labute approximate surface area is 72.2 Å². The molecule has 12 heavy (non-hydrogen) atoms. The van der Waals surface area contributed by atoms with E-state index in [1.165, 1.54) is 11.3 Å². The summed E-state index contributed by atoms with van der Waals surface area (Å²) in [5, 5.41) is 4.18. The zero-order valence-corrected chi connectivity index (χ0v) is 7.20. The highest BCUT2D eigenvalue weighted by molar-refractivity contribution is 5.50. The van der Waals surface area contributed by atoms with E-state index >= 15 is 0 Å². The van der Waals surface area contributed by atoms with E-state index in [4.69, 9.17) is 0 Å². The molecule has 2 rings (SSSR count). The van der Waals surface area contributed by atoms with Gasteiger partial charge in [0.15, 0.2) is 0 Å². The van der Waals surface area contributed by atoms with Crippen molar-refractivity contribution in [3.8, 4) is 0 Å². The molecule has 0 spiro atoms. The normalized spacial score (nSPS) is 17.1. The third-order valence-corrected chi connectivity index (χ3v) is 2.13. The summed E-state index contributed by atoms with van der Waals surface area (Å²) in [5.74, 6) is 0. The minimum absolute atomic E-state index is 1.10. The van der Waals surface area contributed by atoms with Crippen molar-refractivity contribution in [2.24, 2.45) is 0 Å². The van der Waals surface area contributed by atoms with E-state index in [0.717, 1.165) is 12.8 Å². The van der Waals surface area contributed by atoms with Crippen molar-refractivity contribution >= 4 is 5.70 Å². The summed E-state index contributed by atoms with van der Waals surface area (Å²) in [6, 6.07) is 1.95. The fraction of sp³-hybridized carbons (Fsp3) is 0.300. The van der Waals surface area contributed by atoms with Crippen molar-refractivity contribution < 1.29 is 0 Å². The van der Waals surface area contributed by atoms with Crippen LogP contribution in [0.4, 0.5) is 0 Å². The van der Waals surface area contributed by atoms with Gasteiger partial charge in [0.1, 0.15) is 0 Å². The number of hydrogen-bond acceptors (Lipinski definition) is 1. The number of nitrogens with zero attached hydrogens (tertiary/aromatic N) is 2. The molecule has 0 amide bonds. The second-order valence-corrected chi connectivity index (χ2v) is 3.12. The molecule has 1 aromatic rings. The van der Waals surface area contributed by atoms with Crippen LogP contribution in [0.1, 0.15) is 19.8 Å². The smallest absolute Gasteiger partial charge is 0.0493 e. The second-order valence-electron chi connectivity index (χ2n) is 3.12. The Morgan fingerprint density at radius 1 is 1.33 bits per heavy atom. The first-order valence-corrected chi connectivity index (χ1v) is 4.22. The largest absolute Gasteiger partial charge is 0.245 e. The van der Waals surface area contributed by atoms with Gasteiger partial charge in [0, 0.05) is 18.1 Å². The standard InChI is InChI=1S/C10H12N2/c1-9-3-5-10(6-4-9)12-8-2-7-11-12/h2-3,5,7-8H,4,6H2,1H3. The van der Waals surface area contributed by atoms with E-state index in [0.29, 0.717) is 0 Å². The lowest BCUT2D eigenvalue weighted by Crippen LogP contribution is -2.00. The quantitative estimate of drug-likeness (QED) is 0.617. The third-order valence-electron chi connectivity index (χ3n) is 2.13. The van der Waals surface area contributed by atoms with E-state index < -0.39 is 0 Å². The summed E-state index contributed by atoms with van der Waals surface area (Å²) < 4.78 is 1.93. The molecule has 1 aromatic heterocycles. The maximum absolute atomic E-state index is 4.18. The van der Waals surface area contributed by atoms with Crippen LogP contribution in [0, 0.1) is 0 Å². The highest BCUT2D eigenvalue weighted by Crippen LogP contribution is 2.20. The molecule has 1 heterocycles. The number of allylic oxidation sites excluding steroid dienone is 4. The van der Waals surface area contributed by atoms with Crippen LogP contribution in [0.15, 0.2) is 36.2 Å². The van der Waals surface area contributed by atoms with Gasteiger partial charge in [-0.15, -0.1) is 0 Å². The third kappa shape index (κ3) is 1.33. The zero-order valence-electron chi connectivity index (χ0n) is 7.20. The summed E-state index contributed by atoms with van der Waals surface area (Å²) in [6.45, 7) is 2.16. The lowest BCUT2D eigenvalue weighted by Gasteiger charge is -2.11. The average Bonchev–Trinajstić information content (AvgIpc) is 2.58. The van der Waals surface area contributed by atoms with Crippen LogP contribution in [0.25, 0.3) is 5.70 Å². The number of hydrogen-bond donors (Lipinski definition) is 0. The Kier molecular flexibility index (Phi) is 1.82. The van der Waals surface area contributed by atoms with Gasteiger partial charge >= 0.3 is 0 Å². The molecule has 0 bridgehead atoms. The summed E-state index contributed by atoms with van der Waals surface area (Å²) in [4.78, 5) is 0. The Hall–Kier alpha value is -1.31. The van der Waals surface area contributed by atoms with Crippen molar-refractivity contribution in [2.45, 2.75) is 19.8 Å². The van der Waals surface area contributed by atoms with Gasteiger partial charge in [-0.1, -0.05) is 11.6 Å². The Morgan fingerprint density at radius 3 is 2.83 bits per heavy atom. The molecule has 0 radical (unpaired) electrons. The highest BCUT2D eigenvalue weighted by Gasteiger charge is 2.04. The van der Waals surface area contributed by atoms with Crippen LogP contribution in [0.3, 0.4) is 0 Å². The van der Waals surface area contributed by atoms with Crippen LogP contribution in [0.5, 0.6) is 0 Å². The number of aromatic nitrogens is 2. The molecule has 0 saturated heterocycles. The maximum Gasteiger partial charge on any atom is 0.0493 e. The molecule has 2 nitrogen and oxygen atoms in total. The van der Waals surface area contributed by atoms with Crippen molar-refractivity contribution in [3.05, 3.63) is 36.2 Å². The van der Waals surface area contributed by atoms with E-state index in [9.17, 15) is 0 Å². The first-order valence-electron chi connectivity index (χ1n) is 4.22. The zero-order chi connectivity index (χ0) is 8.39. The predicted octanol–water partition coefficient (Wildman–Crippen LogP) is 2.46. The summed E-state index contributed by atoms with van der Waals surface area (Å²) in [5.41, 5.74) is 2.73. The summed E-state index contributed by atoms with van der Waals surface area (Å²) >= 11 is 0. The van der Waals surface area contributed by atoms with E-state index in [1.807, 2.05) is 23.1 Å². The molecule has 0 saturated carbocycles. The van der Waals surface area contributed by atoms with Gasteiger partial charge in [0.05, 0.1) is 0 Å². The van der Waals surface area contributed by atoms with E-state index in [-0.39, 0.29) is 0 Å². The molecule has 1 aliphatic carbocycles. The molecule has 0 fully saturated rings. The van der Waals surface area contributed by atoms with Gasteiger partial charge < -0.3 is 0 Å². The molecule has 0 atom stereocenters.